The lowest BCUT2D eigenvalue weighted by Gasteiger charge is -2.17. The molecular formula is C17H25NO2. The van der Waals surface area contributed by atoms with Crippen molar-refractivity contribution in [3.05, 3.63) is 35.4 Å². The third-order valence-corrected chi connectivity index (χ3v) is 4.43. The standard InChI is InChI=1S/C17H25NO2/c1-3-14(15-6-4-13(2)5-7-15)10-16(20)18-11-17(12-19)8-9-17/h4-7,14,19H,3,8-12H2,1-2H3,(H,18,20). The lowest BCUT2D eigenvalue weighted by molar-refractivity contribution is -0.121. The molecule has 0 saturated heterocycles. The van der Waals surface area contributed by atoms with E-state index >= 15 is 0 Å². The molecule has 1 amide bonds. The average Bonchev–Trinajstić information content (AvgIpc) is 3.24. The van der Waals surface area contributed by atoms with Crippen LogP contribution in [0.4, 0.5) is 0 Å². The molecule has 1 aliphatic rings. The summed E-state index contributed by atoms with van der Waals surface area (Å²) < 4.78 is 0. The van der Waals surface area contributed by atoms with Crippen molar-refractivity contribution in [2.24, 2.45) is 5.41 Å². The number of carbonyl (C=O) groups is 1. The number of aryl methyl sites for hydroxylation is 1. The second-order valence-electron chi connectivity index (χ2n) is 6.15. The molecular weight excluding hydrogens is 250 g/mol. The molecule has 1 saturated carbocycles. The molecule has 110 valence electrons. The maximum atomic E-state index is 12.1. The van der Waals surface area contributed by atoms with Gasteiger partial charge in [-0.1, -0.05) is 36.8 Å². The first kappa shape index (κ1) is 15.0. The third kappa shape index (κ3) is 3.83. The van der Waals surface area contributed by atoms with Crippen molar-refractivity contribution in [2.75, 3.05) is 13.2 Å². The fourth-order valence-corrected chi connectivity index (χ4v) is 2.49. The van der Waals surface area contributed by atoms with Crippen LogP contribution < -0.4 is 5.32 Å². The van der Waals surface area contributed by atoms with Gasteiger partial charge in [0.2, 0.25) is 5.91 Å². The summed E-state index contributed by atoms with van der Waals surface area (Å²) in [7, 11) is 0. The Morgan fingerprint density at radius 1 is 1.35 bits per heavy atom. The van der Waals surface area contributed by atoms with Gasteiger partial charge in [0, 0.05) is 18.4 Å². The fraction of sp³-hybridized carbons (Fsp3) is 0.588. The van der Waals surface area contributed by atoms with Crippen LogP contribution in [0.5, 0.6) is 0 Å². The highest BCUT2D eigenvalue weighted by Crippen LogP contribution is 2.44. The Morgan fingerprint density at radius 3 is 2.50 bits per heavy atom. The third-order valence-electron chi connectivity index (χ3n) is 4.43. The summed E-state index contributed by atoms with van der Waals surface area (Å²) in [6.45, 7) is 4.99. The maximum Gasteiger partial charge on any atom is 0.220 e. The quantitative estimate of drug-likeness (QED) is 0.804. The van der Waals surface area contributed by atoms with Crippen LogP contribution in [0.15, 0.2) is 24.3 Å². The summed E-state index contributed by atoms with van der Waals surface area (Å²) in [5.41, 5.74) is 2.46. The summed E-state index contributed by atoms with van der Waals surface area (Å²) in [4.78, 5) is 12.1. The molecule has 0 spiro atoms. The Kier molecular flexibility index (Phi) is 4.81. The van der Waals surface area contributed by atoms with E-state index in [1.807, 2.05) is 0 Å². The molecule has 0 radical (unpaired) electrons. The minimum Gasteiger partial charge on any atom is -0.396 e. The van der Waals surface area contributed by atoms with Gasteiger partial charge in [0.15, 0.2) is 0 Å². The average molecular weight is 275 g/mol. The van der Waals surface area contributed by atoms with E-state index in [2.05, 4.69) is 43.4 Å². The lowest BCUT2D eigenvalue weighted by Crippen LogP contribution is -2.32. The molecule has 1 atom stereocenters. The molecule has 1 aromatic rings. The van der Waals surface area contributed by atoms with Crippen molar-refractivity contribution >= 4 is 5.91 Å². The molecule has 0 aromatic heterocycles. The van der Waals surface area contributed by atoms with Gasteiger partial charge in [0.25, 0.3) is 0 Å². The lowest BCUT2D eigenvalue weighted by atomic mass is 9.92. The van der Waals surface area contributed by atoms with E-state index in [0.717, 1.165) is 19.3 Å². The number of nitrogens with one attached hydrogen (secondary N) is 1. The van der Waals surface area contributed by atoms with Crippen LogP contribution >= 0.6 is 0 Å². The molecule has 1 aromatic carbocycles. The van der Waals surface area contributed by atoms with Crippen LogP contribution in [0, 0.1) is 12.3 Å². The summed E-state index contributed by atoms with van der Waals surface area (Å²) >= 11 is 0. The molecule has 3 heteroatoms. The number of benzene rings is 1. The topological polar surface area (TPSA) is 49.3 Å². The highest BCUT2D eigenvalue weighted by molar-refractivity contribution is 5.77. The molecule has 2 N–H and O–H groups in total. The van der Waals surface area contributed by atoms with E-state index in [1.165, 1.54) is 11.1 Å². The number of rotatable bonds is 7. The second-order valence-corrected chi connectivity index (χ2v) is 6.15. The van der Waals surface area contributed by atoms with Crippen molar-refractivity contribution in [2.45, 2.75) is 45.4 Å². The van der Waals surface area contributed by atoms with Crippen LogP contribution in [0.1, 0.15) is 49.7 Å². The molecule has 1 fully saturated rings. The van der Waals surface area contributed by atoms with Crippen LogP contribution in [0.2, 0.25) is 0 Å². The summed E-state index contributed by atoms with van der Waals surface area (Å²) in [5, 5.41) is 12.2. The van der Waals surface area contributed by atoms with E-state index in [4.69, 9.17) is 0 Å². The van der Waals surface area contributed by atoms with Crippen molar-refractivity contribution in [1.29, 1.82) is 0 Å². The maximum absolute atomic E-state index is 12.1. The van der Waals surface area contributed by atoms with E-state index in [1.54, 1.807) is 0 Å². The first-order valence-corrected chi connectivity index (χ1v) is 7.53. The fourth-order valence-electron chi connectivity index (χ4n) is 2.49. The molecule has 1 aliphatic carbocycles. The number of hydrogen-bond donors (Lipinski definition) is 2. The minimum atomic E-state index is -0.0127. The molecule has 3 nitrogen and oxygen atoms in total. The summed E-state index contributed by atoms with van der Waals surface area (Å²) in [5.74, 6) is 0.372. The number of hydrogen-bond acceptors (Lipinski definition) is 2. The first-order chi connectivity index (χ1) is 9.58. The first-order valence-electron chi connectivity index (χ1n) is 7.53. The molecule has 20 heavy (non-hydrogen) atoms. The Balaban J connectivity index is 1.86. The van der Waals surface area contributed by atoms with Crippen LogP contribution in [-0.4, -0.2) is 24.2 Å². The largest absolute Gasteiger partial charge is 0.396 e. The molecule has 2 rings (SSSR count). The highest BCUT2D eigenvalue weighted by atomic mass is 16.3. The number of aliphatic hydroxyl groups excluding tert-OH is 1. The Bertz CT molecular complexity index is 449. The SMILES string of the molecule is CCC(CC(=O)NCC1(CO)CC1)c1ccc(C)cc1. The van der Waals surface area contributed by atoms with Crippen molar-refractivity contribution in [3.8, 4) is 0 Å². The number of carbonyl (C=O) groups excluding carboxylic acids is 1. The predicted octanol–water partition coefficient (Wildman–Crippen LogP) is 2.77. The van der Waals surface area contributed by atoms with Gasteiger partial charge in [0.1, 0.15) is 0 Å². The monoisotopic (exact) mass is 275 g/mol. The highest BCUT2D eigenvalue weighted by Gasteiger charge is 2.42. The zero-order chi connectivity index (χ0) is 14.6. The van der Waals surface area contributed by atoms with Crippen LogP contribution in [0.3, 0.4) is 0 Å². The van der Waals surface area contributed by atoms with Crippen molar-refractivity contribution < 1.29 is 9.90 Å². The van der Waals surface area contributed by atoms with Gasteiger partial charge in [0.05, 0.1) is 6.61 Å². The van der Waals surface area contributed by atoms with E-state index in [0.29, 0.717) is 13.0 Å². The molecule has 1 unspecified atom stereocenters. The second kappa shape index (κ2) is 6.40. The Morgan fingerprint density at radius 2 is 2.00 bits per heavy atom. The van der Waals surface area contributed by atoms with E-state index < -0.39 is 0 Å². The van der Waals surface area contributed by atoms with Crippen LogP contribution in [-0.2, 0) is 4.79 Å². The van der Waals surface area contributed by atoms with Gasteiger partial charge in [-0.25, -0.2) is 0 Å². The number of aliphatic hydroxyl groups is 1. The van der Waals surface area contributed by atoms with E-state index in [9.17, 15) is 9.90 Å². The molecule has 0 bridgehead atoms. The summed E-state index contributed by atoms with van der Waals surface area (Å²) in [6.07, 6.45) is 3.54. The minimum absolute atomic E-state index is 0.0127. The zero-order valence-corrected chi connectivity index (χ0v) is 12.5. The molecule has 0 heterocycles. The normalized spacial score (nSPS) is 17.6. The summed E-state index contributed by atoms with van der Waals surface area (Å²) in [6, 6.07) is 8.43. The van der Waals surface area contributed by atoms with Gasteiger partial charge in [-0.05, 0) is 37.7 Å². The predicted molar refractivity (Wildman–Crippen MR) is 80.6 cm³/mol. The van der Waals surface area contributed by atoms with Gasteiger partial charge in [-0.15, -0.1) is 0 Å². The van der Waals surface area contributed by atoms with Gasteiger partial charge in [-0.2, -0.15) is 0 Å². The zero-order valence-electron chi connectivity index (χ0n) is 12.5. The smallest absolute Gasteiger partial charge is 0.220 e. The Hall–Kier alpha value is -1.35. The van der Waals surface area contributed by atoms with Gasteiger partial charge >= 0.3 is 0 Å². The van der Waals surface area contributed by atoms with Crippen molar-refractivity contribution in [1.82, 2.24) is 5.32 Å². The number of amides is 1. The Labute approximate surface area is 121 Å². The van der Waals surface area contributed by atoms with Gasteiger partial charge in [-0.3, -0.25) is 4.79 Å². The van der Waals surface area contributed by atoms with Gasteiger partial charge < -0.3 is 10.4 Å². The van der Waals surface area contributed by atoms with Crippen LogP contribution in [0.25, 0.3) is 0 Å². The molecule has 0 aliphatic heterocycles. The van der Waals surface area contributed by atoms with Crippen molar-refractivity contribution in [3.63, 3.8) is 0 Å². The van der Waals surface area contributed by atoms with E-state index in [-0.39, 0.29) is 23.8 Å².